The van der Waals surface area contributed by atoms with E-state index in [9.17, 15) is 9.59 Å². The first-order valence-corrected chi connectivity index (χ1v) is 13.3. The van der Waals surface area contributed by atoms with Gasteiger partial charge in [0.25, 0.3) is 0 Å². The van der Waals surface area contributed by atoms with Gasteiger partial charge in [0.15, 0.2) is 0 Å². The molecule has 0 bridgehead atoms. The molecule has 11 nitrogen and oxygen atoms in total. The monoisotopic (exact) mass is 556 g/mol. The van der Waals surface area contributed by atoms with E-state index in [4.69, 9.17) is 9.72 Å². The Morgan fingerprint density at radius 2 is 2.00 bits per heavy atom. The number of aromatic nitrogens is 4. The zero-order valence-corrected chi connectivity index (χ0v) is 24.3. The largest absolute Gasteiger partial charge is 0.459 e. The molecule has 3 N–H and O–H groups in total. The molecule has 1 aromatic carbocycles. The number of fused-ring (bicyclic) bond motifs is 1. The van der Waals surface area contributed by atoms with Crippen LogP contribution in [0.1, 0.15) is 29.8 Å². The molecule has 41 heavy (non-hydrogen) atoms. The molecule has 3 aromatic heterocycles. The van der Waals surface area contributed by atoms with E-state index in [1.165, 1.54) is 12.3 Å². The quantitative estimate of drug-likeness (QED) is 0.182. The van der Waals surface area contributed by atoms with E-state index in [0.29, 0.717) is 17.1 Å². The summed E-state index contributed by atoms with van der Waals surface area (Å²) >= 11 is 0. The normalized spacial score (nSPS) is 11.0. The van der Waals surface area contributed by atoms with Crippen molar-refractivity contribution in [3.63, 3.8) is 0 Å². The van der Waals surface area contributed by atoms with Crippen LogP contribution in [-0.2, 0) is 16.6 Å². The van der Waals surface area contributed by atoms with Crippen LogP contribution in [0.2, 0.25) is 0 Å². The van der Waals surface area contributed by atoms with E-state index >= 15 is 0 Å². The summed E-state index contributed by atoms with van der Waals surface area (Å²) in [6, 6.07) is 7.61. The molecule has 0 aliphatic rings. The molecular formula is C30H36N8O3. The summed E-state index contributed by atoms with van der Waals surface area (Å²) in [6.07, 6.45) is 6.01. The van der Waals surface area contributed by atoms with Gasteiger partial charge < -0.3 is 30.2 Å². The van der Waals surface area contributed by atoms with Gasteiger partial charge in [0, 0.05) is 62.4 Å². The van der Waals surface area contributed by atoms with Crippen LogP contribution in [0.3, 0.4) is 0 Å². The Bertz CT molecular complexity index is 1590. The van der Waals surface area contributed by atoms with E-state index in [2.05, 4.69) is 37.4 Å². The molecular weight excluding hydrogens is 520 g/mol. The Morgan fingerprint density at radius 1 is 1.22 bits per heavy atom. The number of hydrogen-bond donors (Lipinski definition) is 3. The molecule has 0 aliphatic heterocycles. The zero-order valence-electron chi connectivity index (χ0n) is 24.3. The molecule has 0 unspecified atom stereocenters. The van der Waals surface area contributed by atoms with Crippen LogP contribution in [0.4, 0.5) is 23.0 Å². The lowest BCUT2D eigenvalue weighted by Crippen LogP contribution is -2.28. The summed E-state index contributed by atoms with van der Waals surface area (Å²) in [6.45, 7) is 10.6. The lowest BCUT2D eigenvalue weighted by Gasteiger charge is -2.24. The van der Waals surface area contributed by atoms with Gasteiger partial charge >= 0.3 is 5.97 Å². The number of esters is 1. The van der Waals surface area contributed by atoms with Crippen LogP contribution in [0.5, 0.6) is 0 Å². The molecule has 0 radical (unpaired) electrons. The average Bonchev–Trinajstić information content (AvgIpc) is 3.29. The van der Waals surface area contributed by atoms with E-state index < -0.39 is 5.97 Å². The number of pyridine rings is 1. The van der Waals surface area contributed by atoms with Crippen LogP contribution >= 0.6 is 0 Å². The zero-order chi connectivity index (χ0) is 29.7. The maximum atomic E-state index is 13.1. The molecule has 0 spiro atoms. The highest BCUT2D eigenvalue weighted by molar-refractivity contribution is 6.03. The number of anilines is 4. The highest BCUT2D eigenvalue weighted by Gasteiger charge is 2.22. The van der Waals surface area contributed by atoms with Crippen molar-refractivity contribution in [1.29, 1.82) is 0 Å². The molecule has 0 saturated carbocycles. The molecule has 4 rings (SSSR count). The highest BCUT2D eigenvalue weighted by atomic mass is 16.5. The summed E-state index contributed by atoms with van der Waals surface area (Å²) < 4.78 is 7.39. The number of nitrogens with zero attached hydrogens (tertiary/aromatic N) is 5. The van der Waals surface area contributed by atoms with Crippen molar-refractivity contribution >= 4 is 45.9 Å². The second-order valence-corrected chi connectivity index (χ2v) is 9.97. The molecule has 0 fully saturated rings. The Hall–Kier alpha value is -4.77. The molecule has 0 aliphatic carbocycles. The van der Waals surface area contributed by atoms with E-state index in [1.54, 1.807) is 20.0 Å². The van der Waals surface area contributed by atoms with Gasteiger partial charge in [0.1, 0.15) is 11.2 Å². The van der Waals surface area contributed by atoms with Crippen molar-refractivity contribution in [3.05, 3.63) is 66.6 Å². The summed E-state index contributed by atoms with van der Waals surface area (Å²) in [4.78, 5) is 41.1. The second kappa shape index (κ2) is 12.6. The van der Waals surface area contributed by atoms with Gasteiger partial charge in [-0.2, -0.15) is 0 Å². The molecule has 3 heterocycles. The van der Waals surface area contributed by atoms with E-state index in [0.717, 1.165) is 40.9 Å². The Kier molecular flexibility index (Phi) is 8.98. The van der Waals surface area contributed by atoms with E-state index in [1.807, 2.05) is 63.1 Å². The number of benzene rings is 1. The van der Waals surface area contributed by atoms with Gasteiger partial charge in [0.2, 0.25) is 11.9 Å². The van der Waals surface area contributed by atoms with Gasteiger partial charge in [-0.1, -0.05) is 6.58 Å². The number of carbonyl (C=O) groups is 2. The first kappa shape index (κ1) is 29.2. The number of rotatable bonds is 11. The number of aryl methyl sites for hydroxylation is 2. The lowest BCUT2D eigenvalue weighted by molar-refractivity contribution is -0.111. The van der Waals surface area contributed by atoms with Gasteiger partial charge in [-0.15, -0.1) is 0 Å². The molecule has 1 amide bonds. The van der Waals surface area contributed by atoms with Crippen LogP contribution in [0.15, 0.2) is 55.5 Å². The van der Waals surface area contributed by atoms with Gasteiger partial charge in [0.05, 0.1) is 23.2 Å². The third kappa shape index (κ3) is 6.52. The number of ether oxygens (including phenoxy) is 1. The predicted octanol–water partition coefficient (Wildman–Crippen LogP) is 4.43. The fourth-order valence-electron chi connectivity index (χ4n) is 4.42. The van der Waals surface area contributed by atoms with Crippen LogP contribution < -0.4 is 20.9 Å². The van der Waals surface area contributed by atoms with Gasteiger partial charge in [-0.25, -0.2) is 19.7 Å². The van der Waals surface area contributed by atoms with Crippen molar-refractivity contribution in [3.8, 4) is 11.3 Å². The smallest absolute Gasteiger partial charge is 0.342 e. The fraction of sp³-hybridized carbons (Fsp3) is 0.300. The average molecular weight is 557 g/mol. The molecule has 0 saturated heterocycles. The maximum absolute atomic E-state index is 13.1. The number of likely N-dealkylation sites (N-methyl/N-ethyl adjacent to an activating group) is 2. The first-order valence-electron chi connectivity index (χ1n) is 13.3. The number of amides is 1. The third-order valence-electron chi connectivity index (χ3n) is 6.48. The Labute approximate surface area is 239 Å². The number of nitrogens with one attached hydrogen (secondary N) is 3. The van der Waals surface area contributed by atoms with Crippen molar-refractivity contribution in [2.24, 2.45) is 7.05 Å². The second-order valence-electron chi connectivity index (χ2n) is 9.97. The summed E-state index contributed by atoms with van der Waals surface area (Å²) in [7, 11) is 5.75. The molecule has 4 aromatic rings. The fourth-order valence-corrected chi connectivity index (χ4v) is 4.42. The summed E-state index contributed by atoms with van der Waals surface area (Å²) in [5.74, 6) is -0.552. The minimum absolute atomic E-state index is 0.248. The third-order valence-corrected chi connectivity index (χ3v) is 6.48. The summed E-state index contributed by atoms with van der Waals surface area (Å²) in [5.41, 5.74) is 5.23. The summed E-state index contributed by atoms with van der Waals surface area (Å²) in [5, 5.41) is 10.2. The van der Waals surface area contributed by atoms with Crippen molar-refractivity contribution < 1.29 is 14.3 Å². The minimum Gasteiger partial charge on any atom is -0.459 e. The first-order chi connectivity index (χ1) is 19.6. The van der Waals surface area contributed by atoms with E-state index in [-0.39, 0.29) is 23.5 Å². The minimum atomic E-state index is -0.512. The van der Waals surface area contributed by atoms with Crippen LogP contribution in [0.25, 0.3) is 22.3 Å². The molecule has 214 valence electrons. The highest BCUT2D eigenvalue weighted by Crippen LogP contribution is 2.35. The van der Waals surface area contributed by atoms with Crippen LogP contribution in [-0.4, -0.2) is 64.7 Å². The molecule has 0 atom stereocenters. The van der Waals surface area contributed by atoms with Gasteiger partial charge in [-0.05, 0) is 63.7 Å². The van der Waals surface area contributed by atoms with Crippen molar-refractivity contribution in [2.75, 3.05) is 42.7 Å². The van der Waals surface area contributed by atoms with Gasteiger partial charge in [-0.3, -0.25) is 4.79 Å². The predicted molar refractivity (Wildman–Crippen MR) is 163 cm³/mol. The maximum Gasteiger partial charge on any atom is 0.342 e. The lowest BCUT2D eigenvalue weighted by atomic mass is 10.1. The van der Waals surface area contributed by atoms with Crippen LogP contribution in [0, 0.1) is 6.92 Å². The van der Waals surface area contributed by atoms with Crippen molar-refractivity contribution in [1.82, 2.24) is 24.8 Å². The molecule has 11 heteroatoms. The SMILES string of the molecule is C=CC(=O)Nc1cc(Nc2ncc(C(=O)OC(C)C)c(-c3cn(C)c4ncccc34)n2)c(C)cc1N(C)CCNC. The Balaban J connectivity index is 1.80. The standard InChI is InChI=1S/C30H36N8O3/c1-8-26(39)34-24-15-23(19(4)14-25(24)37(6)13-12-31-5)35-30-33-16-21(29(40)41-18(2)3)27(36-30)22-17-38(7)28-20(22)10-9-11-32-28/h8-11,14-18,31H,1,12-13H2,2-7H3,(H,34,39)(H,33,35,36). The Morgan fingerprint density at radius 3 is 2.71 bits per heavy atom. The number of carbonyl (C=O) groups excluding carboxylic acids is 2. The van der Waals surface area contributed by atoms with Crippen molar-refractivity contribution in [2.45, 2.75) is 26.9 Å². The topological polar surface area (TPSA) is 126 Å². The number of hydrogen-bond acceptors (Lipinski definition) is 9.